The first-order valence-corrected chi connectivity index (χ1v) is 8.33. The lowest BCUT2D eigenvalue weighted by molar-refractivity contribution is 0.0398. The van der Waals surface area contributed by atoms with Gasteiger partial charge < -0.3 is 15.4 Å². The number of nitrogens with one attached hydrogen (secondary N) is 2. The van der Waals surface area contributed by atoms with Crippen molar-refractivity contribution in [2.45, 2.75) is 6.92 Å². The summed E-state index contributed by atoms with van der Waals surface area (Å²) in [7, 11) is 0. The van der Waals surface area contributed by atoms with E-state index in [0.29, 0.717) is 18.2 Å². The minimum Gasteiger partial charge on any atom is -0.379 e. The normalized spacial score (nSPS) is 15.1. The molecular weight excluding hydrogens is 347 g/mol. The van der Waals surface area contributed by atoms with Gasteiger partial charge in [-0.15, -0.1) is 0 Å². The summed E-state index contributed by atoms with van der Waals surface area (Å²) in [5.74, 6) is -2.73. The Kier molecular flexibility index (Phi) is 5.89. The molecule has 0 bridgehead atoms. The van der Waals surface area contributed by atoms with Gasteiger partial charge in [-0.3, -0.25) is 4.90 Å². The van der Waals surface area contributed by atoms with Crippen molar-refractivity contribution < 1.29 is 17.9 Å². The molecule has 0 atom stereocenters. The van der Waals surface area contributed by atoms with Crippen LogP contribution in [-0.4, -0.2) is 54.3 Å². The molecule has 0 amide bonds. The molecule has 1 aromatic carbocycles. The number of nitrogens with zero attached hydrogens (tertiary/aromatic N) is 3. The van der Waals surface area contributed by atoms with E-state index >= 15 is 0 Å². The van der Waals surface area contributed by atoms with E-state index in [-0.39, 0.29) is 11.5 Å². The molecule has 3 rings (SSSR count). The van der Waals surface area contributed by atoms with Crippen LogP contribution in [0, 0.1) is 24.4 Å². The maximum atomic E-state index is 13.8. The Morgan fingerprint density at radius 3 is 2.58 bits per heavy atom. The lowest BCUT2D eigenvalue weighted by atomic mass is 10.2. The van der Waals surface area contributed by atoms with Crippen LogP contribution in [0.3, 0.4) is 0 Å². The van der Waals surface area contributed by atoms with Crippen molar-refractivity contribution in [3.8, 4) is 0 Å². The standard InChI is InChI=1S/C17H20F3N5O/c1-11-22-14(21-4-5-25-6-8-26-9-7-25)10-15(23-11)24-13-3-2-12(18)16(19)17(13)20/h2-3,10H,4-9H2,1H3,(H2,21,22,23,24). The van der Waals surface area contributed by atoms with Gasteiger partial charge in [0.1, 0.15) is 17.5 Å². The third kappa shape index (κ3) is 4.61. The molecule has 9 heteroatoms. The number of anilines is 3. The molecule has 1 saturated heterocycles. The molecule has 26 heavy (non-hydrogen) atoms. The maximum absolute atomic E-state index is 13.8. The summed E-state index contributed by atoms with van der Waals surface area (Å²) in [6.45, 7) is 6.47. The first-order chi connectivity index (χ1) is 12.5. The Hall–Kier alpha value is -2.39. The third-order valence-corrected chi connectivity index (χ3v) is 3.97. The number of aromatic nitrogens is 2. The van der Waals surface area contributed by atoms with Crippen molar-refractivity contribution in [1.29, 1.82) is 0 Å². The van der Waals surface area contributed by atoms with E-state index in [0.717, 1.165) is 45.0 Å². The average Bonchev–Trinajstić information content (AvgIpc) is 2.63. The monoisotopic (exact) mass is 367 g/mol. The van der Waals surface area contributed by atoms with Crippen LogP contribution >= 0.6 is 0 Å². The Labute approximate surface area is 149 Å². The Bertz CT molecular complexity index is 768. The van der Waals surface area contributed by atoms with Gasteiger partial charge in [-0.05, 0) is 19.1 Å². The van der Waals surface area contributed by atoms with Gasteiger partial charge in [0.05, 0.1) is 18.9 Å². The molecule has 0 aliphatic carbocycles. The molecule has 2 N–H and O–H groups in total. The van der Waals surface area contributed by atoms with Crippen molar-refractivity contribution in [3.05, 3.63) is 41.5 Å². The van der Waals surface area contributed by atoms with E-state index in [9.17, 15) is 13.2 Å². The summed E-state index contributed by atoms with van der Waals surface area (Å²) in [6, 6.07) is 3.57. The van der Waals surface area contributed by atoms with E-state index < -0.39 is 17.5 Å². The molecule has 0 unspecified atom stereocenters. The molecule has 0 saturated carbocycles. The van der Waals surface area contributed by atoms with Gasteiger partial charge in [-0.1, -0.05) is 0 Å². The first kappa shape index (κ1) is 18.4. The van der Waals surface area contributed by atoms with Crippen LogP contribution in [0.5, 0.6) is 0 Å². The van der Waals surface area contributed by atoms with Crippen molar-refractivity contribution >= 4 is 17.3 Å². The summed E-state index contributed by atoms with van der Waals surface area (Å²) in [6.07, 6.45) is 0. The lowest BCUT2D eigenvalue weighted by Crippen LogP contribution is -2.39. The Morgan fingerprint density at radius 2 is 1.81 bits per heavy atom. The number of ether oxygens (including phenoxy) is 1. The van der Waals surface area contributed by atoms with Crippen LogP contribution in [0.15, 0.2) is 18.2 Å². The molecule has 0 spiro atoms. The second-order valence-corrected chi connectivity index (χ2v) is 5.91. The van der Waals surface area contributed by atoms with Gasteiger partial charge in [0, 0.05) is 32.2 Å². The molecule has 2 heterocycles. The largest absolute Gasteiger partial charge is 0.379 e. The Morgan fingerprint density at radius 1 is 1.08 bits per heavy atom. The van der Waals surface area contributed by atoms with Crippen LogP contribution in [0.4, 0.5) is 30.5 Å². The SMILES string of the molecule is Cc1nc(NCCN2CCOCC2)cc(Nc2ccc(F)c(F)c2F)n1. The van der Waals surface area contributed by atoms with Gasteiger partial charge in [0.2, 0.25) is 0 Å². The maximum Gasteiger partial charge on any atom is 0.196 e. The minimum atomic E-state index is -1.52. The highest BCUT2D eigenvalue weighted by Crippen LogP contribution is 2.23. The van der Waals surface area contributed by atoms with Crippen molar-refractivity contribution in [2.75, 3.05) is 50.0 Å². The summed E-state index contributed by atoms with van der Waals surface area (Å²) >= 11 is 0. The predicted molar refractivity (Wildman–Crippen MR) is 92.1 cm³/mol. The fraction of sp³-hybridized carbons (Fsp3) is 0.412. The molecule has 0 radical (unpaired) electrons. The highest BCUT2D eigenvalue weighted by Gasteiger charge is 2.14. The quantitative estimate of drug-likeness (QED) is 0.766. The lowest BCUT2D eigenvalue weighted by Gasteiger charge is -2.26. The van der Waals surface area contributed by atoms with Crippen molar-refractivity contribution in [1.82, 2.24) is 14.9 Å². The molecule has 1 aromatic heterocycles. The number of hydrogen-bond acceptors (Lipinski definition) is 6. The van der Waals surface area contributed by atoms with Gasteiger partial charge in [0.15, 0.2) is 17.5 Å². The summed E-state index contributed by atoms with van der Waals surface area (Å²) in [5, 5.41) is 5.85. The van der Waals surface area contributed by atoms with Gasteiger partial charge in [-0.2, -0.15) is 0 Å². The molecule has 1 aliphatic rings. The number of hydrogen-bond donors (Lipinski definition) is 2. The molecule has 140 valence electrons. The van der Waals surface area contributed by atoms with E-state index in [2.05, 4.69) is 25.5 Å². The van der Waals surface area contributed by atoms with E-state index in [1.54, 1.807) is 13.0 Å². The van der Waals surface area contributed by atoms with E-state index in [1.807, 2.05) is 0 Å². The van der Waals surface area contributed by atoms with Gasteiger partial charge in [0.25, 0.3) is 0 Å². The van der Waals surface area contributed by atoms with E-state index in [4.69, 9.17) is 4.74 Å². The van der Waals surface area contributed by atoms with Crippen LogP contribution < -0.4 is 10.6 Å². The number of benzene rings is 1. The molecule has 2 aromatic rings. The highest BCUT2D eigenvalue weighted by molar-refractivity contribution is 5.60. The summed E-state index contributed by atoms with van der Waals surface area (Å²) < 4.78 is 45.5. The zero-order valence-electron chi connectivity index (χ0n) is 14.4. The first-order valence-electron chi connectivity index (χ1n) is 8.33. The van der Waals surface area contributed by atoms with Crippen LogP contribution in [0.25, 0.3) is 0 Å². The number of rotatable bonds is 6. The molecular formula is C17H20F3N5O. The van der Waals surface area contributed by atoms with Gasteiger partial charge >= 0.3 is 0 Å². The second kappa shape index (κ2) is 8.33. The number of morpholine rings is 1. The third-order valence-electron chi connectivity index (χ3n) is 3.97. The van der Waals surface area contributed by atoms with E-state index in [1.165, 1.54) is 0 Å². The highest BCUT2D eigenvalue weighted by atomic mass is 19.2. The fourth-order valence-corrected chi connectivity index (χ4v) is 2.65. The second-order valence-electron chi connectivity index (χ2n) is 5.91. The van der Waals surface area contributed by atoms with Crippen LogP contribution in [-0.2, 0) is 4.74 Å². The average molecular weight is 367 g/mol. The fourth-order valence-electron chi connectivity index (χ4n) is 2.65. The Balaban J connectivity index is 1.64. The molecule has 1 fully saturated rings. The predicted octanol–water partition coefficient (Wildman–Crippen LogP) is 2.69. The summed E-state index contributed by atoms with van der Waals surface area (Å²) in [4.78, 5) is 10.7. The molecule has 6 nitrogen and oxygen atoms in total. The van der Waals surface area contributed by atoms with Crippen LogP contribution in [0.2, 0.25) is 0 Å². The minimum absolute atomic E-state index is 0.193. The number of halogens is 3. The topological polar surface area (TPSA) is 62.3 Å². The number of aryl methyl sites for hydroxylation is 1. The molecule has 1 aliphatic heterocycles. The zero-order valence-corrected chi connectivity index (χ0v) is 14.4. The van der Waals surface area contributed by atoms with Crippen molar-refractivity contribution in [2.24, 2.45) is 0 Å². The van der Waals surface area contributed by atoms with Gasteiger partial charge in [-0.25, -0.2) is 23.1 Å². The zero-order chi connectivity index (χ0) is 18.5. The smallest absolute Gasteiger partial charge is 0.196 e. The van der Waals surface area contributed by atoms with Crippen LogP contribution in [0.1, 0.15) is 5.82 Å². The van der Waals surface area contributed by atoms with Crippen molar-refractivity contribution in [3.63, 3.8) is 0 Å². The summed E-state index contributed by atoms with van der Waals surface area (Å²) in [5.41, 5.74) is -0.193.